The molecule has 0 saturated carbocycles. The quantitative estimate of drug-likeness (QED) is 0.398. The van der Waals surface area contributed by atoms with Gasteiger partial charge in [-0.15, -0.1) is 0 Å². The maximum atomic E-state index is 10.9. The molecule has 0 aliphatic heterocycles. The highest BCUT2D eigenvalue weighted by Crippen LogP contribution is 2.01. The van der Waals surface area contributed by atoms with Crippen LogP contribution in [0, 0.1) is 0 Å². The number of rotatable bonds is 8. The Kier molecular flexibility index (Phi) is 12.5. The van der Waals surface area contributed by atoms with Crippen LogP contribution < -0.4 is 0 Å². The molecule has 19 heavy (non-hydrogen) atoms. The van der Waals surface area contributed by atoms with E-state index in [9.17, 15) is 14.4 Å². The average molecular weight is 272 g/mol. The molecule has 0 aromatic heterocycles. The number of unbranched alkanes of at least 4 members (excludes halogenated alkanes) is 2. The third-order valence-corrected chi connectivity index (χ3v) is 1.79. The van der Waals surface area contributed by atoms with Gasteiger partial charge in [0.25, 0.3) is 0 Å². The molecule has 0 saturated heterocycles. The summed E-state index contributed by atoms with van der Waals surface area (Å²) in [5, 5.41) is 15.9. The summed E-state index contributed by atoms with van der Waals surface area (Å²) in [5.74, 6) is -2.16. The Labute approximate surface area is 112 Å². The molecule has 0 atom stereocenters. The summed E-state index contributed by atoms with van der Waals surface area (Å²) in [6.45, 7) is 8.33. The third kappa shape index (κ3) is 18.5. The van der Waals surface area contributed by atoms with E-state index in [1.807, 2.05) is 0 Å². The summed E-state index contributed by atoms with van der Waals surface area (Å²) < 4.78 is 4.82. The third-order valence-electron chi connectivity index (χ3n) is 1.79. The molecule has 0 amide bonds. The van der Waals surface area contributed by atoms with Crippen molar-refractivity contribution in [1.29, 1.82) is 0 Å². The monoisotopic (exact) mass is 272 g/mol. The smallest absolute Gasteiger partial charge is 0.333 e. The minimum atomic E-state index is -0.981. The molecule has 0 bridgehead atoms. The van der Waals surface area contributed by atoms with E-state index in [2.05, 4.69) is 13.2 Å². The molecule has 0 rings (SSSR count). The molecule has 0 fully saturated rings. The summed E-state index contributed by atoms with van der Waals surface area (Å²) in [6, 6.07) is 0. The number of carbonyl (C=O) groups is 3. The number of carbonyl (C=O) groups excluding carboxylic acids is 1. The molecule has 2 N–H and O–H groups in total. The van der Waals surface area contributed by atoms with Crippen molar-refractivity contribution < 1.29 is 29.3 Å². The van der Waals surface area contributed by atoms with Crippen molar-refractivity contribution in [3.05, 3.63) is 24.8 Å². The van der Waals surface area contributed by atoms with Crippen LogP contribution in [0.3, 0.4) is 0 Å². The van der Waals surface area contributed by atoms with Crippen molar-refractivity contribution in [3.8, 4) is 0 Å². The Bertz CT molecular complexity index is 332. The van der Waals surface area contributed by atoms with E-state index in [0.717, 1.165) is 12.5 Å². The second kappa shape index (κ2) is 12.3. The highest BCUT2D eigenvalue weighted by atomic mass is 16.5. The molecular weight excluding hydrogens is 252 g/mol. The van der Waals surface area contributed by atoms with Crippen LogP contribution in [0.4, 0.5) is 0 Å². The van der Waals surface area contributed by atoms with Gasteiger partial charge in [0, 0.05) is 18.1 Å². The molecule has 0 heterocycles. The summed E-state index contributed by atoms with van der Waals surface area (Å²) in [6.07, 6.45) is 3.09. The lowest BCUT2D eigenvalue weighted by Crippen LogP contribution is -2.06. The molecule has 0 aliphatic carbocycles. The van der Waals surface area contributed by atoms with E-state index in [-0.39, 0.29) is 12.4 Å². The van der Waals surface area contributed by atoms with Crippen molar-refractivity contribution in [3.63, 3.8) is 0 Å². The molecular formula is C13H20O6. The van der Waals surface area contributed by atoms with Crippen LogP contribution in [-0.2, 0) is 19.1 Å². The van der Waals surface area contributed by atoms with Crippen LogP contribution >= 0.6 is 0 Å². The minimum Gasteiger partial charge on any atom is -0.481 e. The van der Waals surface area contributed by atoms with Gasteiger partial charge in [-0.2, -0.15) is 0 Å². The number of hydrogen-bond donors (Lipinski definition) is 2. The fourth-order valence-corrected chi connectivity index (χ4v) is 0.843. The number of aliphatic carboxylic acids is 2. The van der Waals surface area contributed by atoms with E-state index in [4.69, 9.17) is 14.9 Å². The standard InChI is InChI=1S/C10H16O4.C3H4O2/c1-8(2)10(13)14-7-5-3-4-6-9(11)12;1-2-3(4)5/h1,3-7H2,2H3,(H,11,12);2H,1H2,(H,4,5). The molecule has 0 aliphatic rings. The first-order valence-corrected chi connectivity index (χ1v) is 5.71. The highest BCUT2D eigenvalue weighted by Gasteiger charge is 2.02. The van der Waals surface area contributed by atoms with E-state index >= 15 is 0 Å². The van der Waals surface area contributed by atoms with Crippen molar-refractivity contribution >= 4 is 17.9 Å². The van der Waals surface area contributed by atoms with Gasteiger partial charge in [-0.05, 0) is 26.2 Å². The van der Waals surface area contributed by atoms with E-state index < -0.39 is 11.9 Å². The van der Waals surface area contributed by atoms with Crippen LogP contribution in [0.15, 0.2) is 24.8 Å². The number of ether oxygens (including phenoxy) is 1. The van der Waals surface area contributed by atoms with Crippen LogP contribution in [0.25, 0.3) is 0 Å². The Balaban J connectivity index is 0. The zero-order chi connectivity index (χ0) is 15.3. The van der Waals surface area contributed by atoms with Crippen molar-refractivity contribution in [1.82, 2.24) is 0 Å². The van der Waals surface area contributed by atoms with Gasteiger partial charge in [0.1, 0.15) is 0 Å². The van der Waals surface area contributed by atoms with Crippen LogP contribution in [-0.4, -0.2) is 34.7 Å². The fourth-order valence-electron chi connectivity index (χ4n) is 0.843. The summed E-state index contributed by atoms with van der Waals surface area (Å²) in [7, 11) is 0. The second-order valence-electron chi connectivity index (χ2n) is 3.66. The lowest BCUT2D eigenvalue weighted by Gasteiger charge is -2.03. The van der Waals surface area contributed by atoms with Crippen molar-refractivity contribution in [2.24, 2.45) is 0 Å². The first-order valence-electron chi connectivity index (χ1n) is 5.71. The summed E-state index contributed by atoms with van der Waals surface area (Å²) >= 11 is 0. The summed E-state index contributed by atoms with van der Waals surface area (Å²) in [5.41, 5.74) is 0.385. The zero-order valence-corrected chi connectivity index (χ0v) is 11.1. The van der Waals surface area contributed by atoms with Gasteiger partial charge in [-0.3, -0.25) is 4.79 Å². The molecule has 6 heteroatoms. The van der Waals surface area contributed by atoms with Gasteiger partial charge in [-0.1, -0.05) is 13.2 Å². The molecule has 108 valence electrons. The number of carboxylic acid groups (broad SMARTS) is 2. The lowest BCUT2D eigenvalue weighted by atomic mass is 10.2. The van der Waals surface area contributed by atoms with Crippen LogP contribution in [0.2, 0.25) is 0 Å². The van der Waals surface area contributed by atoms with Crippen molar-refractivity contribution in [2.75, 3.05) is 6.61 Å². The van der Waals surface area contributed by atoms with Gasteiger partial charge in [0.2, 0.25) is 0 Å². The normalized spacial score (nSPS) is 8.68. The van der Waals surface area contributed by atoms with Gasteiger partial charge in [0.05, 0.1) is 6.61 Å². The first kappa shape index (κ1) is 19.2. The number of carboxylic acids is 2. The molecule has 0 radical (unpaired) electrons. The minimum absolute atomic E-state index is 0.175. The maximum Gasteiger partial charge on any atom is 0.333 e. The SMILES string of the molecule is C=C(C)C(=O)OCCCCCC(=O)O.C=CC(=O)O. The van der Waals surface area contributed by atoms with Gasteiger partial charge >= 0.3 is 17.9 Å². The Morgan fingerprint density at radius 3 is 2.05 bits per heavy atom. The Morgan fingerprint density at radius 2 is 1.68 bits per heavy atom. The highest BCUT2D eigenvalue weighted by molar-refractivity contribution is 5.86. The lowest BCUT2D eigenvalue weighted by molar-refractivity contribution is -0.139. The predicted molar refractivity (Wildman–Crippen MR) is 69.7 cm³/mol. The topological polar surface area (TPSA) is 101 Å². The zero-order valence-electron chi connectivity index (χ0n) is 11.1. The first-order chi connectivity index (χ1) is 8.81. The average Bonchev–Trinajstić information content (AvgIpc) is 2.33. The van der Waals surface area contributed by atoms with Crippen molar-refractivity contribution in [2.45, 2.75) is 32.6 Å². The predicted octanol–water partition coefficient (Wildman–Crippen LogP) is 2.01. The molecule has 0 aromatic carbocycles. The number of hydrogen-bond acceptors (Lipinski definition) is 4. The van der Waals surface area contributed by atoms with E-state index in [1.165, 1.54) is 0 Å². The molecule has 0 unspecified atom stereocenters. The largest absolute Gasteiger partial charge is 0.481 e. The second-order valence-corrected chi connectivity index (χ2v) is 3.66. The van der Waals surface area contributed by atoms with Gasteiger partial charge < -0.3 is 14.9 Å². The maximum absolute atomic E-state index is 10.9. The fraction of sp³-hybridized carbons (Fsp3) is 0.462. The molecule has 0 aromatic rings. The molecule has 6 nitrogen and oxygen atoms in total. The van der Waals surface area contributed by atoms with Crippen LogP contribution in [0.5, 0.6) is 0 Å². The molecule has 0 spiro atoms. The van der Waals surface area contributed by atoms with E-state index in [1.54, 1.807) is 6.92 Å². The Hall–Kier alpha value is -2.11. The Morgan fingerprint density at radius 1 is 1.16 bits per heavy atom. The number of esters is 1. The van der Waals surface area contributed by atoms with E-state index in [0.29, 0.717) is 25.0 Å². The van der Waals surface area contributed by atoms with Crippen LogP contribution in [0.1, 0.15) is 32.6 Å². The summed E-state index contributed by atoms with van der Waals surface area (Å²) in [4.78, 5) is 30.3. The van der Waals surface area contributed by atoms with Gasteiger partial charge in [0.15, 0.2) is 0 Å². The van der Waals surface area contributed by atoms with Gasteiger partial charge in [-0.25, -0.2) is 9.59 Å².